The van der Waals surface area contributed by atoms with Gasteiger partial charge in [-0.3, -0.25) is 9.59 Å². The monoisotopic (exact) mass is 326 g/mol. The molecule has 0 aliphatic heterocycles. The van der Waals surface area contributed by atoms with Gasteiger partial charge in [0.05, 0.1) is 24.1 Å². The lowest BCUT2D eigenvalue weighted by Gasteiger charge is -2.08. The lowest BCUT2D eigenvalue weighted by Crippen LogP contribution is -2.16. The second kappa shape index (κ2) is 6.58. The average molecular weight is 326 g/mol. The van der Waals surface area contributed by atoms with E-state index in [1.807, 2.05) is 11.4 Å². The van der Waals surface area contributed by atoms with Crippen molar-refractivity contribution in [3.05, 3.63) is 59.3 Å². The first kappa shape index (κ1) is 15.2. The van der Waals surface area contributed by atoms with Crippen LogP contribution >= 0.6 is 11.3 Å². The molecule has 1 aromatic carbocycles. The third-order valence-electron chi connectivity index (χ3n) is 3.21. The van der Waals surface area contributed by atoms with Crippen molar-refractivity contribution in [1.82, 2.24) is 4.98 Å². The number of amides is 1. The molecule has 0 saturated carbocycles. The van der Waals surface area contributed by atoms with Gasteiger partial charge < -0.3 is 9.73 Å². The molecule has 3 rings (SSSR count). The molecule has 5 nitrogen and oxygen atoms in total. The van der Waals surface area contributed by atoms with E-state index in [0.717, 1.165) is 5.01 Å². The van der Waals surface area contributed by atoms with Gasteiger partial charge >= 0.3 is 0 Å². The average Bonchev–Trinajstić information content (AvgIpc) is 3.18. The first-order valence-electron chi connectivity index (χ1n) is 7.01. The molecule has 2 aromatic heterocycles. The zero-order valence-corrected chi connectivity index (χ0v) is 13.2. The Morgan fingerprint density at radius 1 is 1.22 bits per heavy atom. The van der Waals surface area contributed by atoms with Crippen LogP contribution in [0.5, 0.6) is 0 Å². The molecule has 23 heavy (non-hydrogen) atoms. The Bertz CT molecular complexity index is 837. The highest BCUT2D eigenvalue weighted by Crippen LogP contribution is 2.24. The van der Waals surface area contributed by atoms with Gasteiger partial charge in [0, 0.05) is 10.9 Å². The van der Waals surface area contributed by atoms with E-state index < -0.39 is 0 Å². The van der Waals surface area contributed by atoms with Gasteiger partial charge in [-0.2, -0.15) is 0 Å². The number of thiazole rings is 1. The van der Waals surface area contributed by atoms with Crippen molar-refractivity contribution in [3.63, 3.8) is 0 Å². The van der Waals surface area contributed by atoms with Crippen molar-refractivity contribution in [1.29, 1.82) is 0 Å². The summed E-state index contributed by atoms with van der Waals surface area (Å²) in [4.78, 5) is 28.1. The highest BCUT2D eigenvalue weighted by atomic mass is 32.1. The molecule has 3 aromatic rings. The predicted octanol–water partition coefficient (Wildman–Crippen LogP) is 3.79. The van der Waals surface area contributed by atoms with Crippen LogP contribution in [0.1, 0.15) is 23.0 Å². The number of nitrogens with one attached hydrogen (secondary N) is 1. The van der Waals surface area contributed by atoms with Crippen LogP contribution in [-0.2, 0) is 11.2 Å². The number of rotatable bonds is 5. The van der Waals surface area contributed by atoms with Crippen LogP contribution in [0.3, 0.4) is 0 Å². The van der Waals surface area contributed by atoms with E-state index in [-0.39, 0.29) is 18.1 Å². The van der Waals surface area contributed by atoms with Gasteiger partial charge in [0.15, 0.2) is 16.6 Å². The van der Waals surface area contributed by atoms with Crippen LogP contribution in [-0.4, -0.2) is 16.7 Å². The Balaban J connectivity index is 1.70. The maximum Gasteiger partial charge on any atom is 0.230 e. The van der Waals surface area contributed by atoms with Gasteiger partial charge in [0.25, 0.3) is 0 Å². The van der Waals surface area contributed by atoms with Crippen LogP contribution < -0.4 is 5.32 Å². The number of Topliss-reactive ketones (excluding diaryl/α,β-unsaturated/α-hetero) is 1. The summed E-state index contributed by atoms with van der Waals surface area (Å²) in [6.45, 7) is 1.47. The molecule has 0 atom stereocenters. The largest absolute Gasteiger partial charge is 0.462 e. The van der Waals surface area contributed by atoms with Crippen LogP contribution in [0.4, 0.5) is 5.69 Å². The number of hydrogen-bond donors (Lipinski definition) is 1. The van der Waals surface area contributed by atoms with E-state index >= 15 is 0 Å². The zero-order chi connectivity index (χ0) is 16.2. The van der Waals surface area contributed by atoms with E-state index in [9.17, 15) is 9.59 Å². The Kier molecular flexibility index (Phi) is 4.34. The third kappa shape index (κ3) is 3.54. The lowest BCUT2D eigenvalue weighted by molar-refractivity contribution is -0.115. The van der Waals surface area contributed by atoms with Crippen LogP contribution in [0.2, 0.25) is 0 Å². The molecule has 0 radical (unpaired) electrons. The predicted molar refractivity (Wildman–Crippen MR) is 88.6 cm³/mol. The van der Waals surface area contributed by atoms with Gasteiger partial charge in [0.2, 0.25) is 5.91 Å². The summed E-state index contributed by atoms with van der Waals surface area (Å²) in [6, 6.07) is 10.6. The molecular weight excluding hydrogens is 312 g/mol. The third-order valence-corrected chi connectivity index (χ3v) is 4.11. The first-order chi connectivity index (χ1) is 11.1. The number of furan rings is 1. The summed E-state index contributed by atoms with van der Waals surface area (Å²) < 4.78 is 5.29. The molecule has 6 heteroatoms. The molecule has 116 valence electrons. The lowest BCUT2D eigenvalue weighted by atomic mass is 10.1. The highest BCUT2D eigenvalue weighted by molar-refractivity contribution is 7.13. The SMILES string of the molecule is CC(=O)c1ccccc1NC(=O)Cc1csc(-c2ccco2)n1. The Labute approximate surface area is 137 Å². The van der Waals surface area contributed by atoms with Gasteiger partial charge in [0.1, 0.15) is 0 Å². The number of para-hydroxylation sites is 1. The topological polar surface area (TPSA) is 72.2 Å². The summed E-state index contributed by atoms with van der Waals surface area (Å²) in [7, 11) is 0. The summed E-state index contributed by atoms with van der Waals surface area (Å²) in [6.07, 6.45) is 1.73. The number of ketones is 1. The normalized spacial score (nSPS) is 10.5. The first-order valence-corrected chi connectivity index (χ1v) is 7.89. The minimum atomic E-state index is -0.213. The highest BCUT2D eigenvalue weighted by Gasteiger charge is 2.13. The van der Waals surface area contributed by atoms with Crippen molar-refractivity contribution in [3.8, 4) is 10.8 Å². The molecule has 0 aliphatic carbocycles. The van der Waals surface area contributed by atoms with Gasteiger partial charge in [-0.05, 0) is 31.2 Å². The fraction of sp³-hybridized carbons (Fsp3) is 0.118. The van der Waals surface area contributed by atoms with Crippen LogP contribution in [0.25, 0.3) is 10.8 Å². The zero-order valence-electron chi connectivity index (χ0n) is 12.4. The summed E-state index contributed by atoms with van der Waals surface area (Å²) in [5.74, 6) is 0.383. The number of nitrogens with zero attached hydrogens (tertiary/aromatic N) is 1. The second-order valence-corrected chi connectivity index (χ2v) is 5.81. The number of anilines is 1. The minimum Gasteiger partial charge on any atom is -0.462 e. The molecule has 0 fully saturated rings. The van der Waals surface area contributed by atoms with E-state index in [1.165, 1.54) is 18.3 Å². The van der Waals surface area contributed by atoms with Gasteiger partial charge in [-0.15, -0.1) is 11.3 Å². The number of carbonyl (C=O) groups is 2. The summed E-state index contributed by atoms with van der Waals surface area (Å²) in [5.41, 5.74) is 1.68. The van der Waals surface area contributed by atoms with Crippen molar-refractivity contribution in [2.24, 2.45) is 0 Å². The Hall–Kier alpha value is -2.73. The Morgan fingerprint density at radius 2 is 2.04 bits per heavy atom. The minimum absolute atomic E-state index is 0.0883. The molecule has 0 spiro atoms. The summed E-state index contributed by atoms with van der Waals surface area (Å²) in [5, 5.41) is 5.33. The number of carbonyl (C=O) groups excluding carboxylic acids is 2. The fourth-order valence-electron chi connectivity index (χ4n) is 2.16. The van der Waals surface area contributed by atoms with E-state index in [4.69, 9.17) is 4.42 Å². The number of aromatic nitrogens is 1. The molecule has 1 N–H and O–H groups in total. The molecule has 0 aliphatic rings. The van der Waals surface area contributed by atoms with E-state index in [0.29, 0.717) is 22.7 Å². The van der Waals surface area contributed by atoms with Crippen LogP contribution in [0.15, 0.2) is 52.5 Å². The second-order valence-electron chi connectivity index (χ2n) is 4.95. The van der Waals surface area contributed by atoms with Crippen molar-refractivity contribution < 1.29 is 14.0 Å². The summed E-state index contributed by atoms with van der Waals surface area (Å²) >= 11 is 1.42. The van der Waals surface area contributed by atoms with E-state index in [1.54, 1.807) is 36.6 Å². The standard InChI is InChI=1S/C17H14N2O3S/c1-11(20)13-5-2-3-6-14(13)19-16(21)9-12-10-23-17(18-12)15-7-4-8-22-15/h2-8,10H,9H2,1H3,(H,19,21). The van der Waals surface area contributed by atoms with Crippen molar-refractivity contribution in [2.75, 3.05) is 5.32 Å². The quantitative estimate of drug-likeness (QED) is 0.724. The fourth-order valence-corrected chi connectivity index (χ4v) is 2.95. The maximum absolute atomic E-state index is 12.2. The smallest absolute Gasteiger partial charge is 0.230 e. The maximum atomic E-state index is 12.2. The Morgan fingerprint density at radius 3 is 2.78 bits per heavy atom. The molecule has 0 unspecified atom stereocenters. The molecular formula is C17H14N2O3S. The molecule has 2 heterocycles. The number of benzene rings is 1. The van der Waals surface area contributed by atoms with E-state index in [2.05, 4.69) is 10.3 Å². The van der Waals surface area contributed by atoms with Gasteiger partial charge in [-0.1, -0.05) is 12.1 Å². The number of hydrogen-bond acceptors (Lipinski definition) is 5. The molecule has 1 amide bonds. The molecule has 0 saturated heterocycles. The van der Waals surface area contributed by atoms with Crippen molar-refractivity contribution >= 4 is 28.7 Å². The van der Waals surface area contributed by atoms with Crippen LogP contribution in [0, 0.1) is 0 Å². The molecule has 0 bridgehead atoms. The van der Waals surface area contributed by atoms with Gasteiger partial charge in [-0.25, -0.2) is 4.98 Å². The van der Waals surface area contributed by atoms with Crippen molar-refractivity contribution in [2.45, 2.75) is 13.3 Å².